The summed E-state index contributed by atoms with van der Waals surface area (Å²) >= 11 is 0. The summed E-state index contributed by atoms with van der Waals surface area (Å²) in [5.41, 5.74) is 7.54. The molecule has 3 rings (SSSR count). The van der Waals surface area contributed by atoms with Crippen molar-refractivity contribution >= 4 is 11.6 Å². The minimum atomic E-state index is -0.535. The van der Waals surface area contributed by atoms with Crippen molar-refractivity contribution in [3.05, 3.63) is 42.7 Å². The number of amides is 1. The van der Waals surface area contributed by atoms with Crippen LogP contribution in [-0.2, 0) is 9.53 Å². The molecule has 2 heterocycles. The quantitative estimate of drug-likeness (QED) is 0.899. The number of nitrogens with zero attached hydrogens (tertiary/aromatic N) is 2. The zero-order valence-electron chi connectivity index (χ0n) is 12.8. The number of benzene rings is 1. The van der Waals surface area contributed by atoms with Gasteiger partial charge in [0.25, 0.3) is 0 Å². The molecule has 0 spiro atoms. The summed E-state index contributed by atoms with van der Waals surface area (Å²) in [5, 5.41) is 2.79. The number of ether oxygens (including phenoxy) is 1. The molecule has 6 nitrogen and oxygen atoms in total. The molecule has 0 saturated carbocycles. The first-order chi connectivity index (χ1) is 11.2. The van der Waals surface area contributed by atoms with Crippen molar-refractivity contribution in [1.29, 1.82) is 0 Å². The highest BCUT2D eigenvalue weighted by atomic mass is 16.5. The van der Waals surface area contributed by atoms with Gasteiger partial charge in [-0.25, -0.2) is 9.97 Å². The molecule has 0 aliphatic carbocycles. The van der Waals surface area contributed by atoms with Crippen LogP contribution in [0.1, 0.15) is 12.8 Å². The topological polar surface area (TPSA) is 90.1 Å². The van der Waals surface area contributed by atoms with Gasteiger partial charge >= 0.3 is 0 Å². The molecule has 0 radical (unpaired) electrons. The maximum absolute atomic E-state index is 12.2. The fourth-order valence-corrected chi connectivity index (χ4v) is 2.64. The first kappa shape index (κ1) is 15.6. The predicted octanol–water partition coefficient (Wildman–Crippen LogP) is 1.84. The van der Waals surface area contributed by atoms with Crippen molar-refractivity contribution in [2.75, 3.05) is 18.5 Å². The third kappa shape index (κ3) is 3.91. The fourth-order valence-electron chi connectivity index (χ4n) is 2.64. The summed E-state index contributed by atoms with van der Waals surface area (Å²) in [6, 6.07) is 9.15. The van der Waals surface area contributed by atoms with Gasteiger partial charge in [-0.15, -0.1) is 0 Å². The number of nitrogens with one attached hydrogen (secondary N) is 1. The Hall–Kier alpha value is -2.31. The molecular formula is C17H20N4O2. The highest BCUT2D eigenvalue weighted by Gasteiger charge is 2.26. The molecule has 23 heavy (non-hydrogen) atoms. The molecule has 1 aromatic heterocycles. The van der Waals surface area contributed by atoms with Crippen LogP contribution in [0.5, 0.6) is 0 Å². The van der Waals surface area contributed by atoms with E-state index in [-0.39, 0.29) is 11.8 Å². The number of nitrogens with two attached hydrogens (primary N) is 1. The maximum atomic E-state index is 12.2. The van der Waals surface area contributed by atoms with Crippen molar-refractivity contribution in [2.24, 2.45) is 11.7 Å². The molecule has 1 unspecified atom stereocenters. The molecule has 6 heteroatoms. The van der Waals surface area contributed by atoms with Gasteiger partial charge in [-0.1, -0.05) is 30.3 Å². The van der Waals surface area contributed by atoms with Crippen LogP contribution in [0.3, 0.4) is 0 Å². The first-order valence-electron chi connectivity index (χ1n) is 7.75. The highest BCUT2D eigenvalue weighted by Crippen LogP contribution is 2.19. The predicted molar refractivity (Wildman–Crippen MR) is 87.6 cm³/mol. The number of anilines is 1. The first-order valence-corrected chi connectivity index (χ1v) is 7.75. The second-order valence-corrected chi connectivity index (χ2v) is 5.63. The molecule has 1 atom stereocenters. The van der Waals surface area contributed by atoms with Gasteiger partial charge in [0.15, 0.2) is 5.82 Å². The molecule has 120 valence electrons. The molecule has 1 amide bonds. The van der Waals surface area contributed by atoms with Crippen molar-refractivity contribution in [2.45, 2.75) is 18.9 Å². The van der Waals surface area contributed by atoms with Gasteiger partial charge in [0.05, 0.1) is 24.1 Å². The van der Waals surface area contributed by atoms with Crippen molar-refractivity contribution in [3.63, 3.8) is 0 Å². The Morgan fingerprint density at radius 3 is 2.48 bits per heavy atom. The number of carbonyl (C=O) groups excluding carboxylic acids is 1. The standard InChI is InChI=1S/C17H20N4O2/c18-15(12-6-8-23-9-7-12)17(22)21-14-10-19-16(20-11-14)13-4-2-1-3-5-13/h1-5,10-12,15H,6-9,18H2,(H,21,22). The molecule has 1 aliphatic rings. The molecule has 0 bridgehead atoms. The van der Waals surface area contributed by atoms with E-state index in [4.69, 9.17) is 10.5 Å². The SMILES string of the molecule is NC(C(=O)Nc1cnc(-c2ccccc2)nc1)C1CCOCC1. The Labute approximate surface area is 135 Å². The molecule has 2 aromatic rings. The second kappa shape index (κ2) is 7.30. The lowest BCUT2D eigenvalue weighted by atomic mass is 9.92. The Balaban J connectivity index is 1.62. The zero-order chi connectivity index (χ0) is 16.1. The van der Waals surface area contributed by atoms with Crippen LogP contribution >= 0.6 is 0 Å². The van der Waals surface area contributed by atoms with Crippen LogP contribution in [-0.4, -0.2) is 35.1 Å². The third-order valence-electron chi connectivity index (χ3n) is 4.03. The number of aromatic nitrogens is 2. The van der Waals surface area contributed by atoms with Crippen LogP contribution < -0.4 is 11.1 Å². The van der Waals surface area contributed by atoms with Crippen LogP contribution in [0.2, 0.25) is 0 Å². The smallest absolute Gasteiger partial charge is 0.241 e. The van der Waals surface area contributed by atoms with E-state index in [0.717, 1.165) is 18.4 Å². The molecule has 3 N–H and O–H groups in total. The molecule has 1 aliphatic heterocycles. The largest absolute Gasteiger partial charge is 0.381 e. The summed E-state index contributed by atoms with van der Waals surface area (Å²) in [6.45, 7) is 1.33. The van der Waals surface area contributed by atoms with E-state index < -0.39 is 6.04 Å². The van der Waals surface area contributed by atoms with Crippen LogP contribution in [0.15, 0.2) is 42.7 Å². The van der Waals surface area contributed by atoms with Gasteiger partial charge in [0, 0.05) is 18.8 Å². The van der Waals surface area contributed by atoms with E-state index in [1.807, 2.05) is 30.3 Å². The normalized spacial score (nSPS) is 16.7. The van der Waals surface area contributed by atoms with Crippen molar-refractivity contribution < 1.29 is 9.53 Å². The van der Waals surface area contributed by atoms with Crippen LogP contribution in [0.4, 0.5) is 5.69 Å². The lowest BCUT2D eigenvalue weighted by Gasteiger charge is -2.26. The van der Waals surface area contributed by atoms with E-state index in [1.165, 1.54) is 0 Å². The fraction of sp³-hybridized carbons (Fsp3) is 0.353. The van der Waals surface area contributed by atoms with E-state index in [0.29, 0.717) is 24.7 Å². The summed E-state index contributed by atoms with van der Waals surface area (Å²) in [6.07, 6.45) is 4.84. The lowest BCUT2D eigenvalue weighted by molar-refractivity contribution is -0.119. The van der Waals surface area contributed by atoms with Gasteiger partial charge in [-0.2, -0.15) is 0 Å². The minimum Gasteiger partial charge on any atom is -0.381 e. The molecule has 1 aromatic carbocycles. The molecular weight excluding hydrogens is 292 g/mol. The Morgan fingerprint density at radius 1 is 1.17 bits per heavy atom. The molecule has 1 saturated heterocycles. The Morgan fingerprint density at radius 2 is 1.83 bits per heavy atom. The van der Waals surface area contributed by atoms with E-state index in [1.54, 1.807) is 12.4 Å². The van der Waals surface area contributed by atoms with E-state index in [9.17, 15) is 4.79 Å². The average Bonchev–Trinajstić information content (AvgIpc) is 2.63. The summed E-state index contributed by atoms with van der Waals surface area (Å²) in [5.74, 6) is 0.582. The van der Waals surface area contributed by atoms with Gasteiger partial charge in [0.2, 0.25) is 5.91 Å². The van der Waals surface area contributed by atoms with Gasteiger partial charge in [0.1, 0.15) is 0 Å². The summed E-state index contributed by atoms with van der Waals surface area (Å²) < 4.78 is 5.30. The summed E-state index contributed by atoms with van der Waals surface area (Å²) in [7, 11) is 0. The lowest BCUT2D eigenvalue weighted by Crippen LogP contribution is -2.44. The van der Waals surface area contributed by atoms with Crippen molar-refractivity contribution in [1.82, 2.24) is 9.97 Å². The number of hydrogen-bond acceptors (Lipinski definition) is 5. The zero-order valence-corrected chi connectivity index (χ0v) is 12.8. The Kier molecular flexibility index (Phi) is 4.95. The minimum absolute atomic E-state index is 0.160. The van der Waals surface area contributed by atoms with Crippen LogP contribution in [0.25, 0.3) is 11.4 Å². The van der Waals surface area contributed by atoms with Crippen LogP contribution in [0, 0.1) is 5.92 Å². The van der Waals surface area contributed by atoms with E-state index >= 15 is 0 Å². The second-order valence-electron chi connectivity index (χ2n) is 5.63. The maximum Gasteiger partial charge on any atom is 0.241 e. The Bertz CT molecular complexity index is 639. The molecule has 1 fully saturated rings. The third-order valence-corrected chi connectivity index (χ3v) is 4.03. The highest BCUT2D eigenvalue weighted by molar-refractivity contribution is 5.94. The van der Waals surface area contributed by atoms with Gasteiger partial charge in [-0.05, 0) is 18.8 Å². The van der Waals surface area contributed by atoms with Gasteiger partial charge in [-0.3, -0.25) is 4.79 Å². The average molecular weight is 312 g/mol. The van der Waals surface area contributed by atoms with E-state index in [2.05, 4.69) is 15.3 Å². The van der Waals surface area contributed by atoms with Crippen molar-refractivity contribution in [3.8, 4) is 11.4 Å². The monoisotopic (exact) mass is 312 g/mol. The number of rotatable bonds is 4. The van der Waals surface area contributed by atoms with Gasteiger partial charge < -0.3 is 15.8 Å². The summed E-state index contributed by atoms with van der Waals surface area (Å²) in [4.78, 5) is 20.8. The number of hydrogen-bond donors (Lipinski definition) is 2. The number of carbonyl (C=O) groups is 1.